The van der Waals surface area contributed by atoms with Gasteiger partial charge < -0.3 is 5.32 Å². The van der Waals surface area contributed by atoms with Gasteiger partial charge in [0.1, 0.15) is 0 Å². The summed E-state index contributed by atoms with van der Waals surface area (Å²) in [5, 5.41) is 13.9. The molecule has 2 rings (SSSR count). The molecule has 1 aromatic carbocycles. The number of carbonyl (C=O) groups is 1. The number of nitrogens with one attached hydrogen (secondary N) is 1. The van der Waals surface area contributed by atoms with Gasteiger partial charge in [0.25, 0.3) is 0 Å². The molecular formula is C9H9N5OS. The normalized spacial score (nSPS) is 10.1. The lowest BCUT2D eigenvalue weighted by atomic mass is 10.3. The zero-order chi connectivity index (χ0) is 11.4. The van der Waals surface area contributed by atoms with Crippen LogP contribution in [-0.4, -0.2) is 25.5 Å². The molecule has 1 heterocycles. The van der Waals surface area contributed by atoms with Gasteiger partial charge in [0.2, 0.25) is 5.91 Å². The third-order valence-corrected chi connectivity index (χ3v) is 2.47. The van der Waals surface area contributed by atoms with Crippen LogP contribution < -0.4 is 5.32 Å². The first kappa shape index (κ1) is 10.6. The molecular weight excluding hydrogens is 226 g/mol. The van der Waals surface area contributed by atoms with Gasteiger partial charge in [-0.2, -0.15) is 0 Å². The lowest BCUT2D eigenvalue weighted by Gasteiger charge is -2.03. The highest BCUT2D eigenvalue weighted by Gasteiger charge is 2.01. The van der Waals surface area contributed by atoms with Crippen molar-refractivity contribution in [2.75, 3.05) is 5.32 Å². The van der Waals surface area contributed by atoms with E-state index in [-0.39, 0.29) is 5.91 Å². The second kappa shape index (κ2) is 4.75. The maximum Gasteiger partial charge on any atom is 0.221 e. The number of tetrazole rings is 1. The Labute approximate surface area is 96.2 Å². The van der Waals surface area contributed by atoms with E-state index >= 15 is 0 Å². The molecule has 0 unspecified atom stereocenters. The number of anilines is 1. The summed E-state index contributed by atoms with van der Waals surface area (Å²) in [7, 11) is 0. The van der Waals surface area contributed by atoms with Crippen LogP contribution in [-0.2, 0) is 4.79 Å². The van der Waals surface area contributed by atoms with Gasteiger partial charge in [-0.05, 0) is 23.4 Å². The number of hydrogen-bond donors (Lipinski definition) is 1. The fourth-order valence-electron chi connectivity index (χ4n) is 1.13. The van der Waals surface area contributed by atoms with Crippen LogP contribution in [0, 0.1) is 0 Å². The fraction of sp³-hybridized carbons (Fsp3) is 0.111. The molecule has 0 fully saturated rings. The predicted molar refractivity (Wildman–Crippen MR) is 59.8 cm³/mol. The van der Waals surface area contributed by atoms with Crippen molar-refractivity contribution in [2.24, 2.45) is 0 Å². The molecule has 1 aromatic heterocycles. The summed E-state index contributed by atoms with van der Waals surface area (Å²) in [4.78, 5) is 11.8. The molecule has 1 amide bonds. The first-order valence-electron chi connectivity index (χ1n) is 4.53. The minimum atomic E-state index is -0.0963. The van der Waals surface area contributed by atoms with Crippen molar-refractivity contribution < 1.29 is 4.79 Å². The smallest absolute Gasteiger partial charge is 0.221 e. The molecule has 0 atom stereocenters. The second-order valence-corrected chi connectivity index (χ2v) is 3.97. The summed E-state index contributed by atoms with van der Waals surface area (Å²) in [6, 6.07) is 7.42. The molecule has 0 spiro atoms. The van der Waals surface area contributed by atoms with Gasteiger partial charge in [-0.1, -0.05) is 10.3 Å². The summed E-state index contributed by atoms with van der Waals surface area (Å²) >= 11 is 1.32. The molecule has 2 aromatic rings. The predicted octanol–water partition coefficient (Wildman–Crippen LogP) is 1.19. The molecule has 16 heavy (non-hydrogen) atoms. The van der Waals surface area contributed by atoms with Crippen LogP contribution in [0.4, 0.5) is 5.69 Å². The first-order chi connectivity index (χ1) is 7.74. The Hall–Kier alpha value is -1.89. The van der Waals surface area contributed by atoms with Crippen molar-refractivity contribution in [1.29, 1.82) is 0 Å². The number of nitrogens with zero attached hydrogens (tertiary/aromatic N) is 4. The molecule has 6 nitrogen and oxygen atoms in total. The molecule has 82 valence electrons. The quantitative estimate of drug-likeness (QED) is 0.865. The maximum absolute atomic E-state index is 10.9. The zero-order valence-corrected chi connectivity index (χ0v) is 9.31. The van der Waals surface area contributed by atoms with E-state index in [2.05, 4.69) is 20.7 Å². The Morgan fingerprint density at radius 1 is 1.50 bits per heavy atom. The van der Waals surface area contributed by atoms with Crippen LogP contribution >= 0.6 is 11.9 Å². The number of rotatable bonds is 3. The molecule has 0 aliphatic heterocycles. The highest BCUT2D eigenvalue weighted by atomic mass is 32.2. The number of benzene rings is 1. The van der Waals surface area contributed by atoms with Gasteiger partial charge in [-0.15, -0.1) is 10.2 Å². The van der Waals surface area contributed by atoms with E-state index in [1.807, 2.05) is 24.3 Å². The third kappa shape index (κ3) is 2.80. The van der Waals surface area contributed by atoms with Gasteiger partial charge in [-0.25, -0.2) is 0 Å². The van der Waals surface area contributed by atoms with E-state index in [0.29, 0.717) is 0 Å². The molecule has 0 aliphatic carbocycles. The summed E-state index contributed by atoms with van der Waals surface area (Å²) in [5.41, 5.74) is 0.748. The summed E-state index contributed by atoms with van der Waals surface area (Å²) < 4.78 is 1.40. The summed E-state index contributed by atoms with van der Waals surface area (Å²) in [6.45, 7) is 1.47. The largest absolute Gasteiger partial charge is 0.326 e. The minimum Gasteiger partial charge on any atom is -0.326 e. The SMILES string of the molecule is CC(=O)Nc1cccc(Sn2ncnn2)c1. The average molecular weight is 235 g/mol. The van der Waals surface area contributed by atoms with Crippen molar-refractivity contribution in [3.8, 4) is 0 Å². The van der Waals surface area contributed by atoms with Gasteiger partial charge in [0, 0.05) is 29.5 Å². The van der Waals surface area contributed by atoms with Gasteiger partial charge in [0.15, 0.2) is 6.33 Å². The van der Waals surface area contributed by atoms with Crippen LogP contribution in [0.1, 0.15) is 6.92 Å². The zero-order valence-electron chi connectivity index (χ0n) is 8.49. The van der Waals surface area contributed by atoms with Crippen molar-refractivity contribution in [3.05, 3.63) is 30.6 Å². The second-order valence-electron chi connectivity index (χ2n) is 2.99. The van der Waals surface area contributed by atoms with Crippen LogP contribution in [0.15, 0.2) is 35.5 Å². The maximum atomic E-state index is 10.9. The molecule has 1 N–H and O–H groups in total. The van der Waals surface area contributed by atoms with E-state index in [0.717, 1.165) is 10.6 Å². The van der Waals surface area contributed by atoms with Gasteiger partial charge >= 0.3 is 0 Å². The van der Waals surface area contributed by atoms with Crippen LogP contribution in [0.3, 0.4) is 0 Å². The Balaban J connectivity index is 2.13. The van der Waals surface area contributed by atoms with Crippen LogP contribution in [0.2, 0.25) is 0 Å². The minimum absolute atomic E-state index is 0.0963. The highest BCUT2D eigenvalue weighted by Crippen LogP contribution is 2.21. The molecule has 0 radical (unpaired) electrons. The van der Waals surface area contributed by atoms with E-state index in [4.69, 9.17) is 0 Å². The van der Waals surface area contributed by atoms with E-state index < -0.39 is 0 Å². The van der Waals surface area contributed by atoms with E-state index in [9.17, 15) is 4.79 Å². The van der Waals surface area contributed by atoms with E-state index in [1.54, 1.807) is 0 Å². The van der Waals surface area contributed by atoms with Gasteiger partial charge in [0.05, 0.1) is 0 Å². The third-order valence-electron chi connectivity index (χ3n) is 1.67. The first-order valence-corrected chi connectivity index (χ1v) is 5.30. The Morgan fingerprint density at radius 3 is 3.06 bits per heavy atom. The number of aromatic nitrogens is 4. The molecule has 0 saturated carbocycles. The molecule has 0 bridgehead atoms. The lowest BCUT2D eigenvalue weighted by molar-refractivity contribution is -0.114. The Bertz CT molecular complexity index is 484. The lowest BCUT2D eigenvalue weighted by Crippen LogP contribution is -2.05. The fourth-order valence-corrected chi connectivity index (χ4v) is 1.80. The molecule has 0 aliphatic rings. The van der Waals surface area contributed by atoms with E-state index in [1.165, 1.54) is 29.4 Å². The van der Waals surface area contributed by atoms with Crippen LogP contribution in [0.5, 0.6) is 0 Å². The monoisotopic (exact) mass is 235 g/mol. The number of hydrogen-bond acceptors (Lipinski definition) is 5. The Kier molecular flexibility index (Phi) is 3.16. The van der Waals surface area contributed by atoms with Crippen molar-refractivity contribution >= 4 is 23.5 Å². The topological polar surface area (TPSA) is 72.7 Å². The van der Waals surface area contributed by atoms with Gasteiger partial charge in [-0.3, -0.25) is 4.79 Å². The summed E-state index contributed by atoms with van der Waals surface area (Å²) in [6.07, 6.45) is 1.37. The van der Waals surface area contributed by atoms with Crippen molar-refractivity contribution in [2.45, 2.75) is 11.8 Å². The number of amides is 1. The molecule has 7 heteroatoms. The number of carbonyl (C=O) groups excluding carboxylic acids is 1. The van der Waals surface area contributed by atoms with Crippen molar-refractivity contribution in [3.63, 3.8) is 0 Å². The van der Waals surface area contributed by atoms with Crippen molar-refractivity contribution in [1.82, 2.24) is 19.6 Å². The summed E-state index contributed by atoms with van der Waals surface area (Å²) in [5.74, 6) is -0.0963. The average Bonchev–Trinajstić information content (AvgIpc) is 2.70. The highest BCUT2D eigenvalue weighted by molar-refractivity contribution is 7.97. The standard InChI is InChI=1S/C9H9N5OS/c1-7(15)12-8-3-2-4-9(5-8)16-14-11-6-10-13-14/h2-6H,1H3,(H,12,15). The molecule has 0 saturated heterocycles. The Morgan fingerprint density at radius 2 is 2.38 bits per heavy atom. The van der Waals surface area contributed by atoms with Crippen LogP contribution in [0.25, 0.3) is 0 Å².